The lowest BCUT2D eigenvalue weighted by molar-refractivity contribution is 0.200. The van der Waals surface area contributed by atoms with Crippen LogP contribution in [-0.4, -0.2) is 23.0 Å². The van der Waals surface area contributed by atoms with Gasteiger partial charge in [-0.25, -0.2) is 9.18 Å². The maximum atomic E-state index is 13.4. The number of rotatable bonds is 3. The highest BCUT2D eigenvalue weighted by Crippen LogP contribution is 2.30. The summed E-state index contributed by atoms with van der Waals surface area (Å²) < 4.78 is 13.4. The van der Waals surface area contributed by atoms with Crippen LogP contribution in [-0.2, 0) is 13.0 Å². The largest absolute Gasteiger partial charge is 0.331 e. The van der Waals surface area contributed by atoms with Gasteiger partial charge < -0.3 is 10.2 Å². The molecule has 3 rings (SSSR count). The monoisotopic (exact) mass is 327 g/mol. The molecule has 2 aromatic rings. The minimum absolute atomic E-state index is 0.0599. The molecule has 0 fully saturated rings. The maximum absolute atomic E-state index is 13.4. The van der Waals surface area contributed by atoms with Gasteiger partial charge in [-0.1, -0.05) is 12.1 Å². The lowest BCUT2D eigenvalue weighted by Crippen LogP contribution is -2.40. The predicted molar refractivity (Wildman–Crippen MR) is 91.1 cm³/mol. The van der Waals surface area contributed by atoms with Gasteiger partial charge in [0.15, 0.2) is 0 Å². The maximum Gasteiger partial charge on any atom is 0.317 e. The summed E-state index contributed by atoms with van der Waals surface area (Å²) >= 11 is 0. The molecule has 1 heterocycles. The molecule has 1 aromatic heterocycles. The van der Waals surface area contributed by atoms with Gasteiger partial charge in [0.25, 0.3) is 0 Å². The van der Waals surface area contributed by atoms with Crippen molar-refractivity contribution in [3.8, 4) is 0 Å². The molecule has 1 aliphatic carbocycles. The summed E-state index contributed by atoms with van der Waals surface area (Å²) in [4.78, 5) is 18.4. The Labute approximate surface area is 141 Å². The summed E-state index contributed by atoms with van der Waals surface area (Å²) in [5, 5.41) is 3.06. The zero-order valence-corrected chi connectivity index (χ0v) is 14.1. The topological polar surface area (TPSA) is 45.2 Å². The lowest BCUT2D eigenvalue weighted by Gasteiger charge is -2.28. The second kappa shape index (κ2) is 6.99. The third-order valence-corrected chi connectivity index (χ3v) is 4.44. The van der Waals surface area contributed by atoms with Crippen molar-refractivity contribution in [3.05, 3.63) is 64.7 Å². The van der Waals surface area contributed by atoms with E-state index in [2.05, 4.69) is 10.3 Å². The number of carbonyl (C=O) groups is 1. The summed E-state index contributed by atoms with van der Waals surface area (Å²) in [6.07, 6.45) is 4.49. The number of nitrogens with zero attached hydrogens (tertiary/aromatic N) is 2. The molecule has 0 spiro atoms. The van der Waals surface area contributed by atoms with Crippen molar-refractivity contribution in [1.29, 1.82) is 0 Å². The second-order valence-corrected chi connectivity index (χ2v) is 6.42. The second-order valence-electron chi connectivity index (χ2n) is 6.42. The van der Waals surface area contributed by atoms with Crippen LogP contribution in [0.4, 0.5) is 9.18 Å². The number of aryl methyl sites for hydroxylation is 2. The third kappa shape index (κ3) is 3.72. The Balaban J connectivity index is 1.66. The van der Waals surface area contributed by atoms with Crippen LogP contribution in [0, 0.1) is 12.7 Å². The Morgan fingerprint density at radius 2 is 2.21 bits per heavy atom. The quantitative estimate of drug-likeness (QED) is 0.933. The molecule has 1 unspecified atom stereocenters. The SMILES string of the molecule is Cc1ccc(CN(C)C(=O)NC2CCCc3cc(F)ccc32)nc1. The first kappa shape index (κ1) is 16.4. The molecule has 126 valence electrons. The number of aromatic nitrogens is 1. The normalized spacial score (nSPS) is 16.4. The highest BCUT2D eigenvalue weighted by molar-refractivity contribution is 5.74. The van der Waals surface area contributed by atoms with Crippen molar-refractivity contribution in [1.82, 2.24) is 15.2 Å². The van der Waals surface area contributed by atoms with Crippen molar-refractivity contribution in [2.75, 3.05) is 7.05 Å². The molecule has 5 heteroatoms. The van der Waals surface area contributed by atoms with Crippen LogP contribution in [0.1, 0.15) is 41.3 Å². The number of hydrogen-bond acceptors (Lipinski definition) is 2. The summed E-state index contributed by atoms with van der Waals surface area (Å²) in [7, 11) is 1.76. The van der Waals surface area contributed by atoms with Gasteiger partial charge in [0.2, 0.25) is 0 Å². The van der Waals surface area contributed by atoms with Crippen LogP contribution < -0.4 is 5.32 Å². The van der Waals surface area contributed by atoms with Crippen LogP contribution >= 0.6 is 0 Å². The zero-order chi connectivity index (χ0) is 17.1. The van der Waals surface area contributed by atoms with Crippen LogP contribution in [0.5, 0.6) is 0 Å². The van der Waals surface area contributed by atoms with Gasteiger partial charge in [0.1, 0.15) is 5.82 Å². The van der Waals surface area contributed by atoms with E-state index in [0.29, 0.717) is 6.54 Å². The van der Waals surface area contributed by atoms with Gasteiger partial charge in [-0.3, -0.25) is 4.98 Å². The molecule has 1 atom stereocenters. The van der Waals surface area contributed by atoms with Crippen molar-refractivity contribution in [3.63, 3.8) is 0 Å². The number of pyridine rings is 1. The van der Waals surface area contributed by atoms with E-state index >= 15 is 0 Å². The summed E-state index contributed by atoms with van der Waals surface area (Å²) in [5.41, 5.74) is 3.97. The molecular formula is C19H22FN3O. The van der Waals surface area contributed by atoms with E-state index in [-0.39, 0.29) is 17.9 Å². The fraction of sp³-hybridized carbons (Fsp3) is 0.368. The molecule has 4 nitrogen and oxygen atoms in total. The fourth-order valence-corrected chi connectivity index (χ4v) is 3.10. The van der Waals surface area contributed by atoms with Crippen molar-refractivity contribution < 1.29 is 9.18 Å². The summed E-state index contributed by atoms with van der Waals surface area (Å²) in [6, 6.07) is 8.54. The molecule has 2 amide bonds. The molecule has 0 radical (unpaired) electrons. The van der Waals surface area contributed by atoms with Gasteiger partial charge in [-0.2, -0.15) is 0 Å². The van der Waals surface area contributed by atoms with Crippen molar-refractivity contribution in [2.24, 2.45) is 0 Å². The summed E-state index contributed by atoms with van der Waals surface area (Å²) in [5.74, 6) is -0.219. The molecule has 0 saturated heterocycles. The molecular weight excluding hydrogens is 305 g/mol. The Hall–Kier alpha value is -2.43. The number of nitrogens with one attached hydrogen (secondary N) is 1. The molecule has 0 aliphatic heterocycles. The number of hydrogen-bond donors (Lipinski definition) is 1. The number of urea groups is 1. The van der Waals surface area contributed by atoms with E-state index in [1.54, 1.807) is 30.3 Å². The van der Waals surface area contributed by atoms with Crippen LogP contribution in [0.3, 0.4) is 0 Å². The van der Waals surface area contributed by atoms with Crippen molar-refractivity contribution in [2.45, 2.75) is 38.8 Å². The molecule has 1 aromatic carbocycles. The van der Waals surface area contributed by atoms with Crippen LogP contribution in [0.2, 0.25) is 0 Å². The van der Waals surface area contributed by atoms with Gasteiger partial charge >= 0.3 is 6.03 Å². The fourth-order valence-electron chi connectivity index (χ4n) is 3.10. The van der Waals surface area contributed by atoms with Crippen LogP contribution in [0.15, 0.2) is 36.5 Å². The smallest absolute Gasteiger partial charge is 0.317 e. The first-order valence-electron chi connectivity index (χ1n) is 8.24. The minimum Gasteiger partial charge on any atom is -0.331 e. The zero-order valence-electron chi connectivity index (χ0n) is 14.1. The third-order valence-electron chi connectivity index (χ3n) is 4.44. The highest BCUT2D eigenvalue weighted by Gasteiger charge is 2.23. The molecule has 1 aliphatic rings. The Morgan fingerprint density at radius 1 is 1.38 bits per heavy atom. The van der Waals surface area contributed by atoms with E-state index in [1.807, 2.05) is 19.1 Å². The van der Waals surface area contributed by atoms with Gasteiger partial charge in [-0.15, -0.1) is 0 Å². The van der Waals surface area contributed by atoms with Gasteiger partial charge in [0.05, 0.1) is 18.3 Å². The van der Waals surface area contributed by atoms with E-state index in [4.69, 9.17) is 0 Å². The van der Waals surface area contributed by atoms with Crippen LogP contribution in [0.25, 0.3) is 0 Å². The Bertz CT molecular complexity index is 730. The lowest BCUT2D eigenvalue weighted by atomic mass is 9.87. The standard InChI is InChI=1S/C19H22FN3O/c1-13-6-8-16(21-11-13)12-23(2)19(24)22-18-5-3-4-14-10-15(20)7-9-17(14)18/h6-11,18H,3-5,12H2,1-2H3,(H,22,24). The minimum atomic E-state index is -0.219. The van der Waals surface area contributed by atoms with Crippen molar-refractivity contribution >= 4 is 6.03 Å². The number of carbonyl (C=O) groups excluding carboxylic acids is 1. The predicted octanol–water partition coefficient (Wildman–Crippen LogP) is 3.75. The average Bonchev–Trinajstić information content (AvgIpc) is 2.56. The molecule has 1 N–H and O–H groups in total. The average molecular weight is 327 g/mol. The van der Waals surface area contributed by atoms with E-state index in [1.165, 1.54) is 6.07 Å². The molecule has 24 heavy (non-hydrogen) atoms. The number of fused-ring (bicyclic) bond motifs is 1. The van der Waals surface area contributed by atoms with Gasteiger partial charge in [0, 0.05) is 13.2 Å². The molecule has 0 bridgehead atoms. The van der Waals surface area contributed by atoms with E-state index < -0.39 is 0 Å². The number of amides is 2. The Kier molecular flexibility index (Phi) is 4.79. The molecule has 0 saturated carbocycles. The van der Waals surface area contributed by atoms with E-state index in [0.717, 1.165) is 41.6 Å². The van der Waals surface area contributed by atoms with E-state index in [9.17, 15) is 9.18 Å². The number of halogens is 1. The highest BCUT2D eigenvalue weighted by atomic mass is 19.1. The summed E-state index contributed by atoms with van der Waals surface area (Å²) in [6.45, 7) is 2.44. The first-order valence-corrected chi connectivity index (χ1v) is 8.24. The Morgan fingerprint density at radius 3 is 2.96 bits per heavy atom. The number of benzene rings is 1. The first-order chi connectivity index (χ1) is 11.5. The van der Waals surface area contributed by atoms with Gasteiger partial charge in [-0.05, 0) is 61.1 Å².